The van der Waals surface area contributed by atoms with Crippen LogP contribution in [0.15, 0.2) is 48.8 Å². The van der Waals surface area contributed by atoms with E-state index in [0.717, 1.165) is 5.56 Å². The van der Waals surface area contributed by atoms with Gasteiger partial charge >= 0.3 is 5.97 Å². The maximum atomic E-state index is 11.6. The molecule has 0 saturated heterocycles. The van der Waals surface area contributed by atoms with Gasteiger partial charge < -0.3 is 4.74 Å². The highest BCUT2D eigenvalue weighted by atomic mass is 16.5. The summed E-state index contributed by atoms with van der Waals surface area (Å²) in [5.74, 6) is 0.179. The fourth-order valence-electron chi connectivity index (χ4n) is 1.26. The minimum Gasteiger partial charge on any atom is -0.423 e. The highest BCUT2D eigenvalue weighted by Gasteiger charge is 2.07. The number of carbonyl (C=O) groups is 1. The second kappa shape index (κ2) is 4.57. The molecule has 0 N–H and O–H groups in total. The highest BCUT2D eigenvalue weighted by Crippen LogP contribution is 2.13. The van der Waals surface area contributed by atoms with E-state index in [-0.39, 0.29) is 5.97 Å². The summed E-state index contributed by atoms with van der Waals surface area (Å²) in [4.78, 5) is 15.5. The molecule has 0 radical (unpaired) electrons. The van der Waals surface area contributed by atoms with Crippen molar-refractivity contribution < 1.29 is 9.53 Å². The molecule has 3 nitrogen and oxygen atoms in total. The van der Waals surface area contributed by atoms with Crippen LogP contribution in [0.4, 0.5) is 0 Å². The van der Waals surface area contributed by atoms with Gasteiger partial charge in [-0.15, -0.1) is 0 Å². The average Bonchev–Trinajstić information content (AvgIpc) is 2.33. The normalized spacial score (nSPS) is 9.81. The molecule has 3 heteroatoms. The van der Waals surface area contributed by atoms with Gasteiger partial charge in [-0.25, -0.2) is 4.79 Å². The van der Waals surface area contributed by atoms with Gasteiger partial charge in [0.2, 0.25) is 0 Å². The summed E-state index contributed by atoms with van der Waals surface area (Å²) in [5.41, 5.74) is 1.62. The lowest BCUT2D eigenvalue weighted by Crippen LogP contribution is -2.08. The average molecular weight is 213 g/mol. The van der Waals surface area contributed by atoms with E-state index < -0.39 is 0 Å². The van der Waals surface area contributed by atoms with Crippen molar-refractivity contribution in [3.05, 3.63) is 59.9 Å². The monoisotopic (exact) mass is 213 g/mol. The molecule has 16 heavy (non-hydrogen) atoms. The Hall–Kier alpha value is -2.16. The van der Waals surface area contributed by atoms with E-state index in [1.165, 1.54) is 0 Å². The summed E-state index contributed by atoms with van der Waals surface area (Å²) in [5, 5.41) is 0. The van der Waals surface area contributed by atoms with Crippen LogP contribution < -0.4 is 4.74 Å². The number of carbonyl (C=O) groups excluding carboxylic acids is 1. The third kappa shape index (κ3) is 2.45. The number of aromatic nitrogens is 1. The molecular weight excluding hydrogens is 202 g/mol. The number of pyridine rings is 1. The van der Waals surface area contributed by atoms with Gasteiger partial charge in [0.25, 0.3) is 0 Å². The third-order valence-electron chi connectivity index (χ3n) is 2.15. The lowest BCUT2D eigenvalue weighted by molar-refractivity contribution is 0.0734. The summed E-state index contributed by atoms with van der Waals surface area (Å²) >= 11 is 0. The number of rotatable bonds is 2. The van der Waals surface area contributed by atoms with E-state index in [1.807, 2.05) is 19.1 Å². The quantitative estimate of drug-likeness (QED) is 0.568. The lowest BCUT2D eigenvalue weighted by Gasteiger charge is -2.03. The summed E-state index contributed by atoms with van der Waals surface area (Å²) in [6, 6.07) is 10.6. The van der Waals surface area contributed by atoms with Crippen LogP contribution >= 0.6 is 0 Å². The van der Waals surface area contributed by atoms with Crippen LogP contribution in [0.3, 0.4) is 0 Å². The Kier molecular flexibility index (Phi) is 2.96. The molecule has 1 aromatic carbocycles. The molecular formula is C13H11NO2. The van der Waals surface area contributed by atoms with E-state index in [0.29, 0.717) is 11.3 Å². The van der Waals surface area contributed by atoms with E-state index in [9.17, 15) is 4.79 Å². The maximum Gasteiger partial charge on any atom is 0.343 e. The zero-order valence-corrected chi connectivity index (χ0v) is 8.88. The topological polar surface area (TPSA) is 39.2 Å². The van der Waals surface area contributed by atoms with Gasteiger partial charge in [0.1, 0.15) is 5.75 Å². The van der Waals surface area contributed by atoms with Crippen LogP contribution in [0.25, 0.3) is 0 Å². The summed E-state index contributed by atoms with van der Waals surface area (Å²) in [7, 11) is 0. The minimum absolute atomic E-state index is 0.369. The van der Waals surface area contributed by atoms with Gasteiger partial charge in [-0.1, -0.05) is 17.7 Å². The Balaban J connectivity index is 2.11. The van der Waals surface area contributed by atoms with Crippen LogP contribution in [0.2, 0.25) is 0 Å². The maximum absolute atomic E-state index is 11.6. The molecule has 0 unspecified atom stereocenters. The summed E-state index contributed by atoms with van der Waals surface area (Å²) < 4.78 is 5.19. The highest BCUT2D eigenvalue weighted by molar-refractivity contribution is 5.90. The van der Waals surface area contributed by atoms with Gasteiger partial charge in [0, 0.05) is 12.4 Å². The minimum atomic E-state index is -0.369. The Morgan fingerprint density at radius 1 is 1.06 bits per heavy atom. The molecule has 1 heterocycles. The van der Waals surface area contributed by atoms with Gasteiger partial charge in [-0.05, 0) is 31.2 Å². The van der Waals surface area contributed by atoms with Crippen molar-refractivity contribution in [3.63, 3.8) is 0 Å². The molecule has 2 rings (SSSR count). The number of hydrogen-bond acceptors (Lipinski definition) is 3. The molecule has 0 saturated carbocycles. The first-order chi connectivity index (χ1) is 7.75. The standard InChI is InChI=1S/C13H11NO2/c1-10-2-4-12(5-3-10)16-13(15)11-6-8-14-9-7-11/h2-9H,1H3. The van der Waals surface area contributed by atoms with Crippen molar-refractivity contribution in [2.45, 2.75) is 6.92 Å². The van der Waals surface area contributed by atoms with Crippen molar-refractivity contribution in [1.29, 1.82) is 0 Å². The third-order valence-corrected chi connectivity index (χ3v) is 2.15. The van der Waals surface area contributed by atoms with Gasteiger partial charge in [-0.3, -0.25) is 4.98 Å². The van der Waals surface area contributed by atoms with Crippen LogP contribution in [0, 0.1) is 6.92 Å². The van der Waals surface area contributed by atoms with Crippen molar-refractivity contribution in [2.24, 2.45) is 0 Å². The first-order valence-electron chi connectivity index (χ1n) is 4.94. The van der Waals surface area contributed by atoms with Crippen LogP contribution in [-0.2, 0) is 0 Å². The Bertz CT molecular complexity index is 477. The summed E-state index contributed by atoms with van der Waals surface area (Å²) in [6.45, 7) is 1.98. The van der Waals surface area contributed by atoms with Crippen molar-refractivity contribution >= 4 is 5.97 Å². The number of benzene rings is 1. The predicted molar refractivity (Wildman–Crippen MR) is 60.4 cm³/mol. The molecule has 80 valence electrons. The number of nitrogens with zero attached hydrogens (tertiary/aromatic N) is 1. The van der Waals surface area contributed by atoms with E-state index in [4.69, 9.17) is 4.74 Å². The van der Waals surface area contributed by atoms with Crippen molar-refractivity contribution in [3.8, 4) is 5.75 Å². The van der Waals surface area contributed by atoms with Crippen molar-refractivity contribution in [2.75, 3.05) is 0 Å². The molecule has 0 amide bonds. The van der Waals surface area contributed by atoms with Gasteiger partial charge in [-0.2, -0.15) is 0 Å². The number of aryl methyl sites for hydroxylation is 1. The molecule has 0 bridgehead atoms. The number of hydrogen-bond donors (Lipinski definition) is 0. The lowest BCUT2D eigenvalue weighted by atomic mass is 10.2. The molecule has 1 aromatic heterocycles. The molecule has 0 aliphatic heterocycles. The fraction of sp³-hybridized carbons (Fsp3) is 0.0769. The fourth-order valence-corrected chi connectivity index (χ4v) is 1.26. The van der Waals surface area contributed by atoms with Gasteiger partial charge in [0.05, 0.1) is 5.56 Å². The molecule has 2 aromatic rings. The van der Waals surface area contributed by atoms with E-state index in [2.05, 4.69) is 4.98 Å². The van der Waals surface area contributed by atoms with Crippen LogP contribution in [0.5, 0.6) is 5.75 Å². The number of ether oxygens (including phenoxy) is 1. The Labute approximate surface area is 93.7 Å². The van der Waals surface area contributed by atoms with Crippen LogP contribution in [0.1, 0.15) is 15.9 Å². The van der Waals surface area contributed by atoms with Crippen LogP contribution in [-0.4, -0.2) is 11.0 Å². The first kappa shape index (κ1) is 10.4. The Morgan fingerprint density at radius 2 is 1.69 bits per heavy atom. The predicted octanol–water partition coefficient (Wildman–Crippen LogP) is 2.61. The SMILES string of the molecule is Cc1ccc(OC(=O)c2ccncc2)cc1. The smallest absolute Gasteiger partial charge is 0.343 e. The zero-order valence-electron chi connectivity index (χ0n) is 8.88. The molecule has 0 atom stereocenters. The molecule has 0 aliphatic rings. The number of esters is 1. The second-order valence-corrected chi connectivity index (χ2v) is 3.44. The largest absolute Gasteiger partial charge is 0.423 e. The Morgan fingerprint density at radius 3 is 2.31 bits per heavy atom. The van der Waals surface area contributed by atoms with E-state index >= 15 is 0 Å². The second-order valence-electron chi connectivity index (χ2n) is 3.44. The molecule has 0 aliphatic carbocycles. The van der Waals surface area contributed by atoms with Crippen molar-refractivity contribution in [1.82, 2.24) is 4.98 Å². The summed E-state index contributed by atoms with van der Waals surface area (Å²) in [6.07, 6.45) is 3.12. The zero-order chi connectivity index (χ0) is 11.4. The van der Waals surface area contributed by atoms with Gasteiger partial charge in [0.15, 0.2) is 0 Å². The molecule has 0 fully saturated rings. The van der Waals surface area contributed by atoms with E-state index in [1.54, 1.807) is 36.7 Å². The first-order valence-corrected chi connectivity index (χ1v) is 4.94. The molecule has 0 spiro atoms.